The molecule has 0 spiro atoms. The largest absolute Gasteiger partial charge is 0.466 e. The molecule has 1 aromatic rings. The fourth-order valence-corrected chi connectivity index (χ4v) is 2.05. The van der Waals surface area contributed by atoms with E-state index in [2.05, 4.69) is 10.6 Å². The molecule has 0 fully saturated rings. The molecule has 1 aromatic carbocycles. The lowest BCUT2D eigenvalue weighted by molar-refractivity contribution is -0.143. The Morgan fingerprint density at radius 3 is 2.35 bits per heavy atom. The van der Waals surface area contributed by atoms with Gasteiger partial charge in [-0.05, 0) is 13.8 Å². The molecule has 0 bridgehead atoms. The minimum Gasteiger partial charge on any atom is -0.466 e. The molecule has 2 N–H and O–H groups in total. The van der Waals surface area contributed by atoms with E-state index in [4.69, 9.17) is 4.74 Å². The van der Waals surface area contributed by atoms with E-state index in [1.54, 1.807) is 19.1 Å². The number of carbonyl (C=O) groups is 3. The third-order valence-corrected chi connectivity index (χ3v) is 3.22. The van der Waals surface area contributed by atoms with Crippen LogP contribution in [0.3, 0.4) is 0 Å². The first-order valence-corrected chi connectivity index (χ1v) is 7.68. The highest BCUT2D eigenvalue weighted by atomic mass is 16.5. The van der Waals surface area contributed by atoms with Gasteiger partial charge in [0.05, 0.1) is 19.1 Å². The summed E-state index contributed by atoms with van der Waals surface area (Å²) in [4.78, 5) is 35.1. The van der Waals surface area contributed by atoms with E-state index in [9.17, 15) is 14.4 Å². The minimum atomic E-state index is -0.675. The first kappa shape index (κ1) is 18.8. The Kier molecular flexibility index (Phi) is 7.97. The van der Waals surface area contributed by atoms with Gasteiger partial charge in [0.2, 0.25) is 5.91 Å². The van der Waals surface area contributed by atoms with Crippen LogP contribution in [-0.4, -0.2) is 43.4 Å². The van der Waals surface area contributed by atoms with E-state index < -0.39 is 12.0 Å². The van der Waals surface area contributed by atoms with Gasteiger partial charge in [-0.15, -0.1) is 0 Å². The van der Waals surface area contributed by atoms with Crippen molar-refractivity contribution in [1.82, 2.24) is 10.6 Å². The Hall–Kier alpha value is -2.21. The van der Waals surface area contributed by atoms with Gasteiger partial charge in [-0.25, -0.2) is 0 Å². The van der Waals surface area contributed by atoms with Crippen LogP contribution in [0.5, 0.6) is 0 Å². The summed E-state index contributed by atoms with van der Waals surface area (Å²) >= 11 is 0. The molecule has 0 aliphatic heterocycles. The van der Waals surface area contributed by atoms with Crippen LogP contribution in [0.25, 0.3) is 0 Å². The zero-order chi connectivity index (χ0) is 17.2. The molecule has 0 heterocycles. The molecule has 0 aliphatic carbocycles. The highest BCUT2D eigenvalue weighted by Crippen LogP contribution is 2.09. The molecule has 1 rings (SSSR count). The monoisotopic (exact) mass is 320 g/mol. The molecule has 0 saturated carbocycles. The molecule has 0 aromatic heterocycles. The number of amides is 1. The van der Waals surface area contributed by atoms with Gasteiger partial charge in [0.15, 0.2) is 5.78 Å². The van der Waals surface area contributed by atoms with Gasteiger partial charge in [0.25, 0.3) is 0 Å². The lowest BCUT2D eigenvalue weighted by Crippen LogP contribution is -2.42. The fourth-order valence-electron chi connectivity index (χ4n) is 2.05. The zero-order valence-corrected chi connectivity index (χ0v) is 13.8. The van der Waals surface area contributed by atoms with Crippen molar-refractivity contribution in [3.63, 3.8) is 0 Å². The second kappa shape index (κ2) is 9.74. The maximum atomic E-state index is 12.6. The highest BCUT2D eigenvalue weighted by molar-refractivity contribution is 6.01. The predicted molar refractivity (Wildman–Crippen MR) is 87.2 cm³/mol. The molecule has 126 valence electrons. The van der Waals surface area contributed by atoms with Crippen molar-refractivity contribution < 1.29 is 19.1 Å². The van der Waals surface area contributed by atoms with E-state index in [-0.39, 0.29) is 24.7 Å². The Morgan fingerprint density at radius 2 is 1.78 bits per heavy atom. The summed E-state index contributed by atoms with van der Waals surface area (Å²) in [6, 6.07) is 6.51. The van der Waals surface area contributed by atoms with Crippen molar-refractivity contribution in [2.75, 3.05) is 19.7 Å². The summed E-state index contributed by atoms with van der Waals surface area (Å²) in [5.74, 6) is -0.732. The van der Waals surface area contributed by atoms with Crippen molar-refractivity contribution >= 4 is 17.7 Å². The Bertz CT molecular complexity index is 540. The van der Waals surface area contributed by atoms with E-state index in [0.717, 1.165) is 5.56 Å². The molecule has 0 radical (unpaired) electrons. The second-order valence-corrected chi connectivity index (χ2v) is 5.23. The van der Waals surface area contributed by atoms with Crippen molar-refractivity contribution in [3.05, 3.63) is 35.4 Å². The predicted octanol–water partition coefficient (Wildman–Crippen LogP) is 1.23. The van der Waals surface area contributed by atoms with Crippen molar-refractivity contribution in [2.45, 2.75) is 33.2 Å². The summed E-state index contributed by atoms with van der Waals surface area (Å²) in [5, 5.41) is 5.65. The number of ether oxygens (including phenoxy) is 1. The van der Waals surface area contributed by atoms with Crippen LogP contribution in [0.15, 0.2) is 24.3 Å². The maximum Gasteiger partial charge on any atom is 0.307 e. The Balaban J connectivity index is 2.72. The number of hydrogen-bond donors (Lipinski definition) is 2. The lowest BCUT2D eigenvalue weighted by atomic mass is 10.0. The van der Waals surface area contributed by atoms with Crippen molar-refractivity contribution in [2.24, 2.45) is 0 Å². The Morgan fingerprint density at radius 1 is 1.13 bits per heavy atom. The van der Waals surface area contributed by atoms with E-state index in [1.807, 2.05) is 19.1 Å². The van der Waals surface area contributed by atoms with Gasteiger partial charge < -0.3 is 15.4 Å². The smallest absolute Gasteiger partial charge is 0.307 e. The molecule has 0 aliphatic rings. The third-order valence-electron chi connectivity index (χ3n) is 3.22. The number of esters is 1. The summed E-state index contributed by atoms with van der Waals surface area (Å²) in [6.45, 7) is 6.13. The maximum absolute atomic E-state index is 12.6. The van der Waals surface area contributed by atoms with E-state index >= 15 is 0 Å². The van der Waals surface area contributed by atoms with Crippen LogP contribution in [-0.2, 0) is 14.3 Å². The summed E-state index contributed by atoms with van der Waals surface area (Å²) in [7, 11) is 0. The molecular formula is C17H24N2O4. The van der Waals surface area contributed by atoms with E-state index in [0.29, 0.717) is 18.7 Å². The first-order chi connectivity index (χ1) is 10.9. The van der Waals surface area contributed by atoms with Gasteiger partial charge in [-0.2, -0.15) is 0 Å². The van der Waals surface area contributed by atoms with Crippen LogP contribution in [0.2, 0.25) is 0 Å². The number of carbonyl (C=O) groups excluding carboxylic acids is 3. The van der Waals surface area contributed by atoms with Gasteiger partial charge in [0, 0.05) is 25.6 Å². The van der Waals surface area contributed by atoms with Gasteiger partial charge in [-0.3, -0.25) is 14.4 Å². The molecule has 1 unspecified atom stereocenters. The molecular weight excluding hydrogens is 296 g/mol. The average Bonchev–Trinajstić information content (AvgIpc) is 2.50. The summed E-state index contributed by atoms with van der Waals surface area (Å²) < 4.78 is 4.92. The Labute approximate surface area is 136 Å². The molecule has 6 heteroatoms. The van der Waals surface area contributed by atoms with Crippen LogP contribution < -0.4 is 10.6 Å². The normalized spacial score (nSPS) is 11.6. The molecule has 1 amide bonds. The quantitative estimate of drug-likeness (QED) is 0.406. The molecule has 23 heavy (non-hydrogen) atoms. The first-order valence-electron chi connectivity index (χ1n) is 7.68. The van der Waals surface area contributed by atoms with Crippen LogP contribution in [0.1, 0.15) is 36.2 Å². The molecule has 6 nitrogen and oxygen atoms in total. The number of nitrogens with one attached hydrogen (secondary N) is 2. The van der Waals surface area contributed by atoms with Crippen LogP contribution >= 0.6 is 0 Å². The number of ketones is 1. The zero-order valence-electron chi connectivity index (χ0n) is 13.8. The fraction of sp³-hybridized carbons (Fsp3) is 0.471. The SMILES string of the molecule is CCOC(=O)CC(NCCNC(C)=O)C(=O)c1ccc(C)cc1. The lowest BCUT2D eigenvalue weighted by Gasteiger charge is -2.17. The van der Waals surface area contributed by atoms with Crippen molar-refractivity contribution in [1.29, 1.82) is 0 Å². The summed E-state index contributed by atoms with van der Waals surface area (Å²) in [5.41, 5.74) is 1.60. The van der Waals surface area contributed by atoms with Crippen LogP contribution in [0, 0.1) is 6.92 Å². The second-order valence-electron chi connectivity index (χ2n) is 5.23. The number of Topliss-reactive ketones (excluding diaryl/α,β-unsaturated/α-hetero) is 1. The summed E-state index contributed by atoms with van der Waals surface area (Å²) in [6.07, 6.45) is -0.0411. The van der Waals surface area contributed by atoms with Crippen molar-refractivity contribution in [3.8, 4) is 0 Å². The van der Waals surface area contributed by atoms with E-state index in [1.165, 1.54) is 6.92 Å². The molecule has 0 saturated heterocycles. The average molecular weight is 320 g/mol. The topological polar surface area (TPSA) is 84.5 Å². The minimum absolute atomic E-state index is 0.0411. The van der Waals surface area contributed by atoms with Gasteiger partial charge in [0.1, 0.15) is 0 Å². The number of rotatable bonds is 9. The number of hydrogen-bond acceptors (Lipinski definition) is 5. The highest BCUT2D eigenvalue weighted by Gasteiger charge is 2.23. The molecule has 1 atom stereocenters. The van der Waals surface area contributed by atoms with Crippen LogP contribution in [0.4, 0.5) is 0 Å². The van der Waals surface area contributed by atoms with Gasteiger partial charge in [-0.1, -0.05) is 29.8 Å². The number of aryl methyl sites for hydroxylation is 1. The third kappa shape index (κ3) is 7.06. The van der Waals surface area contributed by atoms with Gasteiger partial charge >= 0.3 is 5.97 Å². The standard InChI is InChI=1S/C17H24N2O4/c1-4-23-16(21)11-15(19-10-9-18-13(3)20)17(22)14-7-5-12(2)6-8-14/h5-8,15,19H,4,9-11H2,1-3H3,(H,18,20). The number of benzene rings is 1.